The van der Waals surface area contributed by atoms with Gasteiger partial charge < -0.3 is 15.1 Å². The number of carbonyl (C=O) groups is 1. The molecule has 2 heterocycles. The molecular formula is C21H32N4O. The molecular weight excluding hydrogens is 324 g/mol. The minimum Gasteiger partial charge on any atom is -0.357 e. The van der Waals surface area contributed by atoms with E-state index >= 15 is 0 Å². The van der Waals surface area contributed by atoms with Gasteiger partial charge in [-0.15, -0.1) is 0 Å². The Morgan fingerprint density at radius 3 is 2.65 bits per heavy atom. The number of guanidine groups is 1. The summed E-state index contributed by atoms with van der Waals surface area (Å²) in [5.74, 6) is 1.90. The predicted molar refractivity (Wildman–Crippen MR) is 106 cm³/mol. The van der Waals surface area contributed by atoms with E-state index in [1.54, 1.807) is 0 Å². The number of carbonyl (C=O) groups excluding carboxylic acids is 1. The van der Waals surface area contributed by atoms with Crippen molar-refractivity contribution in [1.82, 2.24) is 15.1 Å². The molecule has 1 atom stereocenters. The molecule has 2 aliphatic rings. The summed E-state index contributed by atoms with van der Waals surface area (Å²) in [4.78, 5) is 21.3. The van der Waals surface area contributed by atoms with Gasteiger partial charge in [0, 0.05) is 39.1 Å². The maximum absolute atomic E-state index is 12.2. The molecule has 5 nitrogen and oxygen atoms in total. The second-order valence-corrected chi connectivity index (χ2v) is 7.36. The van der Waals surface area contributed by atoms with E-state index in [1.807, 2.05) is 4.90 Å². The highest BCUT2D eigenvalue weighted by Gasteiger charge is 2.25. The van der Waals surface area contributed by atoms with Crippen LogP contribution in [0.2, 0.25) is 0 Å². The van der Waals surface area contributed by atoms with Crippen LogP contribution in [0.1, 0.15) is 38.2 Å². The van der Waals surface area contributed by atoms with Gasteiger partial charge in [0.15, 0.2) is 5.96 Å². The number of aliphatic imine (C=N–C) groups is 1. The quantitative estimate of drug-likeness (QED) is 0.629. The van der Waals surface area contributed by atoms with E-state index in [1.165, 1.54) is 12.0 Å². The Bertz CT molecular complexity index is 595. The number of rotatable bonds is 6. The minimum atomic E-state index is 0.255. The summed E-state index contributed by atoms with van der Waals surface area (Å²) in [6.07, 6.45) is 5.15. The van der Waals surface area contributed by atoms with Gasteiger partial charge in [0.25, 0.3) is 0 Å². The zero-order valence-corrected chi connectivity index (χ0v) is 16.0. The van der Waals surface area contributed by atoms with Crippen LogP contribution in [0.4, 0.5) is 0 Å². The zero-order valence-electron chi connectivity index (χ0n) is 16.0. The van der Waals surface area contributed by atoms with E-state index in [4.69, 9.17) is 4.99 Å². The highest BCUT2D eigenvalue weighted by Crippen LogP contribution is 2.21. The molecule has 0 radical (unpaired) electrons. The number of nitrogens with one attached hydrogen (secondary N) is 1. The normalized spacial score (nSPS) is 20.7. The molecule has 2 fully saturated rings. The molecule has 5 heteroatoms. The molecule has 1 aromatic rings. The standard InChI is InChI=1S/C21H32N4O/c1-2-22-21(23-12-10-20(26)24-13-6-7-14-24)25-15-11-19(17-25)16-18-8-4-3-5-9-18/h3-5,8-9,19H,2,6-7,10-17H2,1H3,(H,22,23). The van der Waals surface area contributed by atoms with Crippen LogP contribution < -0.4 is 5.32 Å². The van der Waals surface area contributed by atoms with Crippen molar-refractivity contribution >= 4 is 11.9 Å². The average molecular weight is 357 g/mol. The molecule has 3 rings (SSSR count). The van der Waals surface area contributed by atoms with E-state index in [2.05, 4.69) is 47.5 Å². The lowest BCUT2D eigenvalue weighted by atomic mass is 9.99. The van der Waals surface area contributed by atoms with E-state index in [-0.39, 0.29) is 5.91 Å². The first-order valence-electron chi connectivity index (χ1n) is 10.1. The minimum absolute atomic E-state index is 0.255. The lowest BCUT2D eigenvalue weighted by Crippen LogP contribution is -2.40. The van der Waals surface area contributed by atoms with Gasteiger partial charge in [-0.2, -0.15) is 0 Å². The summed E-state index contributed by atoms with van der Waals surface area (Å²) in [7, 11) is 0. The van der Waals surface area contributed by atoms with Crippen molar-refractivity contribution in [3.8, 4) is 0 Å². The monoisotopic (exact) mass is 356 g/mol. The largest absolute Gasteiger partial charge is 0.357 e. The van der Waals surface area contributed by atoms with E-state index < -0.39 is 0 Å². The Labute approximate surface area is 157 Å². The van der Waals surface area contributed by atoms with Crippen molar-refractivity contribution in [2.24, 2.45) is 10.9 Å². The third-order valence-corrected chi connectivity index (χ3v) is 5.33. The van der Waals surface area contributed by atoms with Gasteiger partial charge in [-0.25, -0.2) is 0 Å². The number of amides is 1. The van der Waals surface area contributed by atoms with Crippen LogP contribution in [-0.4, -0.2) is 60.9 Å². The predicted octanol–water partition coefficient (Wildman–Crippen LogP) is 2.53. The van der Waals surface area contributed by atoms with E-state index in [0.29, 0.717) is 18.9 Å². The second-order valence-electron chi connectivity index (χ2n) is 7.36. The maximum Gasteiger partial charge on any atom is 0.224 e. The molecule has 0 bridgehead atoms. The summed E-state index contributed by atoms with van der Waals surface area (Å²) in [6.45, 7) is 7.48. The first-order valence-corrected chi connectivity index (χ1v) is 10.1. The lowest BCUT2D eigenvalue weighted by molar-refractivity contribution is -0.129. The number of likely N-dealkylation sites (tertiary alicyclic amines) is 2. The molecule has 26 heavy (non-hydrogen) atoms. The van der Waals surface area contributed by atoms with Gasteiger partial charge in [0.1, 0.15) is 0 Å². The van der Waals surface area contributed by atoms with Crippen LogP contribution in [0, 0.1) is 5.92 Å². The average Bonchev–Trinajstić information content (AvgIpc) is 3.34. The topological polar surface area (TPSA) is 47.9 Å². The molecule has 142 valence electrons. The van der Waals surface area contributed by atoms with Crippen LogP contribution in [0.25, 0.3) is 0 Å². The van der Waals surface area contributed by atoms with Gasteiger partial charge in [-0.3, -0.25) is 9.79 Å². The second kappa shape index (κ2) is 9.60. The van der Waals surface area contributed by atoms with Crippen molar-refractivity contribution < 1.29 is 4.79 Å². The summed E-state index contributed by atoms with van der Waals surface area (Å²) < 4.78 is 0. The smallest absolute Gasteiger partial charge is 0.224 e. The lowest BCUT2D eigenvalue weighted by Gasteiger charge is -2.22. The van der Waals surface area contributed by atoms with Crippen LogP contribution in [0.5, 0.6) is 0 Å². The van der Waals surface area contributed by atoms with Crippen molar-refractivity contribution in [3.05, 3.63) is 35.9 Å². The molecule has 2 saturated heterocycles. The van der Waals surface area contributed by atoms with Crippen LogP contribution in [0.3, 0.4) is 0 Å². The number of benzene rings is 1. The van der Waals surface area contributed by atoms with Gasteiger partial charge in [-0.05, 0) is 44.1 Å². The first kappa shape index (κ1) is 18.7. The number of nitrogens with zero attached hydrogens (tertiary/aromatic N) is 3. The van der Waals surface area contributed by atoms with Gasteiger partial charge in [0.2, 0.25) is 5.91 Å². The van der Waals surface area contributed by atoms with Crippen molar-refractivity contribution in [2.45, 2.75) is 39.0 Å². The SMILES string of the molecule is CCNC(=NCCC(=O)N1CCCC1)N1CCC(Cc2ccccc2)C1. The molecule has 0 aromatic heterocycles. The maximum atomic E-state index is 12.2. The van der Waals surface area contributed by atoms with Crippen LogP contribution in [0.15, 0.2) is 35.3 Å². The summed E-state index contributed by atoms with van der Waals surface area (Å²) >= 11 is 0. The fourth-order valence-electron chi connectivity index (χ4n) is 3.95. The van der Waals surface area contributed by atoms with Gasteiger partial charge in [-0.1, -0.05) is 30.3 Å². The highest BCUT2D eigenvalue weighted by molar-refractivity contribution is 5.81. The van der Waals surface area contributed by atoms with E-state index in [0.717, 1.165) is 57.9 Å². The van der Waals surface area contributed by atoms with Gasteiger partial charge >= 0.3 is 0 Å². The van der Waals surface area contributed by atoms with Gasteiger partial charge in [0.05, 0.1) is 6.54 Å². The number of hydrogen-bond acceptors (Lipinski definition) is 2. The Balaban J connectivity index is 1.49. The Morgan fingerprint density at radius 1 is 1.15 bits per heavy atom. The molecule has 1 unspecified atom stereocenters. The summed E-state index contributed by atoms with van der Waals surface area (Å²) in [5, 5.41) is 3.40. The fourth-order valence-corrected chi connectivity index (χ4v) is 3.95. The Kier molecular flexibility index (Phi) is 6.92. The fraction of sp³-hybridized carbons (Fsp3) is 0.619. The summed E-state index contributed by atoms with van der Waals surface area (Å²) in [5.41, 5.74) is 1.41. The van der Waals surface area contributed by atoms with Crippen molar-refractivity contribution in [1.29, 1.82) is 0 Å². The summed E-state index contributed by atoms with van der Waals surface area (Å²) in [6, 6.07) is 10.7. The third-order valence-electron chi connectivity index (χ3n) is 5.33. The molecule has 1 aromatic carbocycles. The number of hydrogen-bond donors (Lipinski definition) is 1. The van der Waals surface area contributed by atoms with Crippen LogP contribution >= 0.6 is 0 Å². The molecule has 1 amide bonds. The molecule has 0 spiro atoms. The molecule has 2 aliphatic heterocycles. The van der Waals surface area contributed by atoms with Crippen molar-refractivity contribution in [3.63, 3.8) is 0 Å². The highest BCUT2D eigenvalue weighted by atomic mass is 16.2. The van der Waals surface area contributed by atoms with Crippen molar-refractivity contribution in [2.75, 3.05) is 39.3 Å². The molecule has 0 saturated carbocycles. The molecule has 0 aliphatic carbocycles. The molecule has 1 N–H and O–H groups in total. The first-order chi connectivity index (χ1) is 12.8. The Morgan fingerprint density at radius 2 is 1.92 bits per heavy atom. The zero-order chi connectivity index (χ0) is 18.2. The third kappa shape index (κ3) is 5.23. The Hall–Kier alpha value is -2.04. The van der Waals surface area contributed by atoms with E-state index in [9.17, 15) is 4.79 Å². The van der Waals surface area contributed by atoms with Crippen LogP contribution in [-0.2, 0) is 11.2 Å².